The van der Waals surface area contributed by atoms with Crippen LogP contribution in [0.1, 0.15) is 146 Å². The van der Waals surface area contributed by atoms with E-state index in [2.05, 4.69) is 86.2 Å². The molecule has 4 saturated carbocycles. The molecule has 0 spiro atoms. The first-order valence-corrected chi connectivity index (χ1v) is 23.2. The summed E-state index contributed by atoms with van der Waals surface area (Å²) in [6.07, 6.45) is 9.53. The van der Waals surface area contributed by atoms with Crippen molar-refractivity contribution in [3.8, 4) is 0 Å². The van der Waals surface area contributed by atoms with Crippen LogP contribution >= 0.6 is 11.6 Å². The molecule has 330 valence electrons. The lowest BCUT2D eigenvalue weighted by Crippen LogP contribution is -2.68. The van der Waals surface area contributed by atoms with Gasteiger partial charge in [0, 0.05) is 47.1 Å². The summed E-state index contributed by atoms with van der Waals surface area (Å²) in [6.45, 7) is 25.8. The maximum absolute atomic E-state index is 14.8. The number of carboxylic acid groups (broad SMARTS) is 1. The molecule has 9 heteroatoms. The van der Waals surface area contributed by atoms with Gasteiger partial charge in [-0.05, 0) is 154 Å². The van der Waals surface area contributed by atoms with Crippen LogP contribution in [0.15, 0.2) is 47.2 Å². The number of Topliss-reactive ketones (excluding diaryl/α,β-unsaturated/α-hetero) is 1. The van der Waals surface area contributed by atoms with Gasteiger partial charge in [-0.2, -0.15) is 0 Å². The molecule has 0 saturated heterocycles. The van der Waals surface area contributed by atoms with E-state index in [0.29, 0.717) is 29.8 Å². The number of carbonyl (C=O) groups is 4. The maximum Gasteiger partial charge on any atom is 0.309 e. The van der Waals surface area contributed by atoms with Gasteiger partial charge < -0.3 is 19.6 Å². The van der Waals surface area contributed by atoms with Gasteiger partial charge in [-0.1, -0.05) is 79.1 Å². The molecule has 4 fully saturated rings. The lowest BCUT2D eigenvalue weighted by molar-refractivity contribution is -0.249. The highest BCUT2D eigenvalue weighted by atomic mass is 35.5. The average Bonchev–Trinajstić information content (AvgIpc) is 3.60. The number of ketones is 2. The predicted octanol–water partition coefficient (Wildman–Crippen LogP) is 10.7. The van der Waals surface area contributed by atoms with E-state index < -0.39 is 28.3 Å². The van der Waals surface area contributed by atoms with Crippen LogP contribution in [-0.4, -0.2) is 71.7 Å². The van der Waals surface area contributed by atoms with Crippen molar-refractivity contribution < 1.29 is 29.0 Å². The Bertz CT molecular complexity index is 2030. The van der Waals surface area contributed by atoms with Gasteiger partial charge in [0.25, 0.3) is 0 Å². The molecule has 1 aliphatic heterocycles. The summed E-state index contributed by atoms with van der Waals surface area (Å²) < 4.78 is 6.23. The number of nitrogens with zero attached hydrogens (tertiary/aromatic N) is 2. The van der Waals surface area contributed by atoms with Crippen LogP contribution in [0.4, 0.5) is 0 Å². The summed E-state index contributed by atoms with van der Waals surface area (Å²) in [5, 5.41) is 10.3. The molecule has 1 aromatic carbocycles. The van der Waals surface area contributed by atoms with Crippen LogP contribution < -0.4 is 0 Å². The highest BCUT2D eigenvalue weighted by Crippen LogP contribution is 2.81. The Balaban J connectivity index is 1.28. The van der Waals surface area contributed by atoms with Crippen molar-refractivity contribution in [1.29, 1.82) is 0 Å². The van der Waals surface area contributed by atoms with Crippen molar-refractivity contribution in [1.82, 2.24) is 9.80 Å². The number of halogens is 1. The van der Waals surface area contributed by atoms with Crippen LogP contribution in [0.2, 0.25) is 5.02 Å². The summed E-state index contributed by atoms with van der Waals surface area (Å²) in [7, 11) is 4.15. The smallest absolute Gasteiger partial charge is 0.309 e. The lowest BCUT2D eigenvalue weighted by atomic mass is 9.30. The summed E-state index contributed by atoms with van der Waals surface area (Å²) in [4.78, 5) is 59.2. The Kier molecular flexibility index (Phi) is 10.9. The van der Waals surface area contributed by atoms with E-state index >= 15 is 0 Å². The first-order chi connectivity index (χ1) is 27.7. The number of fused-ring (bicyclic) bond motifs is 7. The zero-order valence-corrected chi connectivity index (χ0v) is 39.7. The molecule has 6 aliphatic rings. The van der Waals surface area contributed by atoms with Crippen molar-refractivity contribution >= 4 is 35.1 Å². The van der Waals surface area contributed by atoms with Gasteiger partial charge in [0.05, 0.1) is 11.8 Å². The number of esters is 1. The third-order valence-corrected chi connectivity index (χ3v) is 19.0. The molecule has 0 aromatic heterocycles. The topological polar surface area (TPSA) is 104 Å². The Labute approximate surface area is 365 Å². The van der Waals surface area contributed by atoms with Gasteiger partial charge in [0.15, 0.2) is 11.6 Å². The van der Waals surface area contributed by atoms with Gasteiger partial charge in [-0.15, -0.1) is 0 Å². The second kappa shape index (κ2) is 14.5. The van der Waals surface area contributed by atoms with Crippen molar-refractivity contribution in [2.45, 2.75) is 152 Å². The fourth-order valence-corrected chi connectivity index (χ4v) is 15.3. The minimum absolute atomic E-state index is 0.0170. The number of hydrogen-bond donors (Lipinski definition) is 1. The normalized spacial score (nSPS) is 38.7. The largest absolute Gasteiger partial charge is 0.481 e. The Hall–Kier alpha value is -2.97. The number of ether oxygens (including phenoxy) is 1. The zero-order chi connectivity index (χ0) is 44.4. The molecule has 8 nitrogen and oxygen atoms in total. The van der Waals surface area contributed by atoms with Crippen LogP contribution in [0.3, 0.4) is 0 Å². The van der Waals surface area contributed by atoms with Crippen molar-refractivity contribution in [3.05, 3.63) is 57.8 Å². The second-order valence-corrected chi connectivity index (χ2v) is 23.5. The zero-order valence-electron chi connectivity index (χ0n) is 38.9. The number of carbonyl (C=O) groups excluding carboxylic acids is 3. The number of hydrogen-bond acceptors (Lipinski definition) is 7. The third-order valence-electron chi connectivity index (χ3n) is 18.8. The highest BCUT2D eigenvalue weighted by Gasteiger charge is 2.74. The van der Waals surface area contributed by atoms with Gasteiger partial charge in [-0.25, -0.2) is 0 Å². The van der Waals surface area contributed by atoms with Crippen LogP contribution in [0, 0.1) is 55.7 Å². The first-order valence-electron chi connectivity index (χ1n) is 22.8. The number of rotatable bonds is 10. The SMILES string of the molecule is CC(C)C1=C2C(C3=CC(=O)C(C)(c4ccc(Cl)cc4)N3CCN(C)C)(CCC3(C)C2(C)CCC2C4(C)CCC(OC(=O)CC(C)(C)C(=O)O)C(C)(C)C4CCC23C)CC1=O. The molecule has 0 radical (unpaired) electrons. The van der Waals surface area contributed by atoms with E-state index in [4.69, 9.17) is 16.3 Å². The minimum atomic E-state index is -1.18. The molecule has 7 rings (SSSR count). The number of benzene rings is 1. The Morgan fingerprint density at radius 2 is 1.55 bits per heavy atom. The molecule has 1 aromatic rings. The molecule has 0 bridgehead atoms. The minimum Gasteiger partial charge on any atom is -0.481 e. The fourth-order valence-electron chi connectivity index (χ4n) is 15.1. The molecule has 1 heterocycles. The fraction of sp³-hybridized carbons (Fsp3) is 0.725. The van der Waals surface area contributed by atoms with E-state index in [9.17, 15) is 24.3 Å². The Morgan fingerprint density at radius 3 is 2.15 bits per heavy atom. The number of aliphatic carboxylic acids is 1. The van der Waals surface area contributed by atoms with Gasteiger partial charge in [-0.3, -0.25) is 19.2 Å². The number of carboxylic acids is 1. The highest BCUT2D eigenvalue weighted by molar-refractivity contribution is 6.30. The molecular formula is C51H73ClN2O6. The van der Waals surface area contributed by atoms with Gasteiger partial charge >= 0.3 is 11.9 Å². The molecule has 0 amide bonds. The number of likely N-dealkylation sites (N-methyl/N-ethyl adjacent to an activating group) is 1. The third kappa shape index (κ3) is 6.20. The molecule has 5 aliphatic carbocycles. The van der Waals surface area contributed by atoms with Crippen LogP contribution in [-0.2, 0) is 29.5 Å². The van der Waals surface area contributed by atoms with Crippen LogP contribution in [0.25, 0.3) is 0 Å². The van der Waals surface area contributed by atoms with E-state index in [1.54, 1.807) is 13.8 Å². The van der Waals surface area contributed by atoms with Crippen LogP contribution in [0.5, 0.6) is 0 Å². The summed E-state index contributed by atoms with van der Waals surface area (Å²) in [5.74, 6) is -0.282. The van der Waals surface area contributed by atoms with Crippen molar-refractivity contribution in [2.75, 3.05) is 27.2 Å². The van der Waals surface area contributed by atoms with E-state index in [1.165, 1.54) is 5.57 Å². The standard InChI is InChI=1S/C51H73ClN2O6/c1-31(2)41-34(55)29-51(37-28-38(56)50(11,54(37)27-26-53(12)13)32-14-16-33(52)17-15-32)25-24-49(10)47(8)22-18-35-45(5,6)39(60-40(57)30-44(3,4)43(58)59)20-21-46(35,7)36(47)19-23-48(49,9)42(41)51/h14-17,28,31,35-36,39H,18-27,29-30H2,1-13H3,(H,58,59). The van der Waals surface area contributed by atoms with Crippen molar-refractivity contribution in [2.24, 2.45) is 55.7 Å². The molecular weight excluding hydrogens is 772 g/mol. The quantitative estimate of drug-likeness (QED) is 0.232. The van der Waals surface area contributed by atoms with E-state index in [0.717, 1.165) is 74.7 Å². The van der Waals surface area contributed by atoms with Gasteiger partial charge in [0.1, 0.15) is 11.6 Å². The molecule has 1 N–H and O–H groups in total. The number of allylic oxidation sites excluding steroid dienone is 2. The average molecular weight is 846 g/mol. The Morgan fingerprint density at radius 1 is 0.917 bits per heavy atom. The van der Waals surface area contributed by atoms with E-state index in [-0.39, 0.29) is 57.1 Å². The summed E-state index contributed by atoms with van der Waals surface area (Å²) >= 11 is 6.39. The van der Waals surface area contributed by atoms with Crippen molar-refractivity contribution in [3.63, 3.8) is 0 Å². The first kappa shape index (κ1) is 45.1. The molecule has 9 unspecified atom stereocenters. The van der Waals surface area contributed by atoms with Gasteiger partial charge in [0.2, 0.25) is 0 Å². The summed E-state index contributed by atoms with van der Waals surface area (Å²) in [5.41, 5.74) is 0.912. The van der Waals surface area contributed by atoms with E-state index in [1.807, 2.05) is 30.3 Å². The monoisotopic (exact) mass is 845 g/mol. The molecule has 60 heavy (non-hydrogen) atoms. The predicted molar refractivity (Wildman–Crippen MR) is 237 cm³/mol. The lowest BCUT2D eigenvalue weighted by Gasteiger charge is -2.75. The summed E-state index contributed by atoms with van der Waals surface area (Å²) in [6, 6.07) is 7.74. The maximum atomic E-state index is 14.8. The molecule has 9 atom stereocenters. The second-order valence-electron chi connectivity index (χ2n) is 23.0.